The summed E-state index contributed by atoms with van der Waals surface area (Å²) in [5.41, 5.74) is 8.67. The third-order valence-corrected chi connectivity index (χ3v) is 5.02. The topological polar surface area (TPSA) is 126 Å². The Morgan fingerprint density at radius 2 is 1.74 bits per heavy atom. The molecule has 9 nitrogen and oxygen atoms in total. The number of aromatic nitrogens is 3. The van der Waals surface area contributed by atoms with E-state index in [1.807, 2.05) is 0 Å². The van der Waals surface area contributed by atoms with Crippen LogP contribution in [0.15, 0.2) is 79.3 Å². The lowest BCUT2D eigenvalue weighted by molar-refractivity contribution is 0.102. The van der Waals surface area contributed by atoms with Crippen molar-refractivity contribution in [2.24, 2.45) is 0 Å². The van der Waals surface area contributed by atoms with Gasteiger partial charge in [0, 0.05) is 24.5 Å². The molecule has 172 valence electrons. The molecule has 4 N–H and O–H groups in total. The zero-order chi connectivity index (χ0) is 24.1. The molecule has 2 amide bonds. The van der Waals surface area contributed by atoms with E-state index in [9.17, 15) is 19.1 Å². The van der Waals surface area contributed by atoms with E-state index in [0.717, 1.165) is 11.1 Å². The zero-order valence-corrected chi connectivity index (χ0v) is 17.9. The molecule has 4 aromatic rings. The van der Waals surface area contributed by atoms with Crippen LogP contribution in [-0.2, 0) is 13.1 Å². The minimum atomic E-state index is -1.06. The number of halogens is 1. The quantitative estimate of drug-likeness (QED) is 0.384. The van der Waals surface area contributed by atoms with Crippen LogP contribution in [-0.4, -0.2) is 36.8 Å². The summed E-state index contributed by atoms with van der Waals surface area (Å²) in [5, 5.41) is 16.4. The van der Waals surface area contributed by atoms with Gasteiger partial charge < -0.3 is 16.2 Å². The van der Waals surface area contributed by atoms with E-state index in [4.69, 9.17) is 5.73 Å². The van der Waals surface area contributed by atoms with Gasteiger partial charge >= 0.3 is 6.09 Å². The predicted octanol–water partition coefficient (Wildman–Crippen LogP) is 3.92. The van der Waals surface area contributed by atoms with E-state index in [0.29, 0.717) is 11.3 Å². The summed E-state index contributed by atoms with van der Waals surface area (Å²) in [6.45, 7) is 0.350. The Morgan fingerprint density at radius 3 is 2.38 bits per heavy atom. The van der Waals surface area contributed by atoms with Crippen molar-refractivity contribution in [2.75, 3.05) is 11.1 Å². The molecular weight excluding hydrogens is 439 g/mol. The van der Waals surface area contributed by atoms with Gasteiger partial charge in [0.2, 0.25) is 0 Å². The monoisotopic (exact) mass is 460 g/mol. The normalized spacial score (nSPS) is 10.6. The van der Waals surface area contributed by atoms with Crippen LogP contribution in [0, 0.1) is 5.82 Å². The molecule has 0 spiro atoms. The van der Waals surface area contributed by atoms with Crippen molar-refractivity contribution >= 4 is 23.5 Å². The van der Waals surface area contributed by atoms with Gasteiger partial charge in [0.05, 0.1) is 24.1 Å². The van der Waals surface area contributed by atoms with Crippen molar-refractivity contribution in [3.8, 4) is 5.69 Å². The number of benzene rings is 2. The molecule has 0 atom stereocenters. The average Bonchev–Trinajstić information content (AvgIpc) is 3.20. The number of pyridine rings is 1. The summed E-state index contributed by atoms with van der Waals surface area (Å²) in [6, 6.07) is 15.8. The Kier molecular flexibility index (Phi) is 6.49. The van der Waals surface area contributed by atoms with E-state index < -0.39 is 12.0 Å². The van der Waals surface area contributed by atoms with Crippen LogP contribution in [0.3, 0.4) is 0 Å². The van der Waals surface area contributed by atoms with Crippen molar-refractivity contribution in [2.45, 2.75) is 13.1 Å². The van der Waals surface area contributed by atoms with Gasteiger partial charge in [0.15, 0.2) is 5.82 Å². The molecule has 0 saturated carbocycles. The van der Waals surface area contributed by atoms with Gasteiger partial charge in [-0.05, 0) is 53.6 Å². The van der Waals surface area contributed by atoms with Gasteiger partial charge in [-0.15, -0.1) is 5.10 Å². The molecule has 0 aliphatic carbocycles. The highest BCUT2D eigenvalue weighted by Crippen LogP contribution is 2.20. The Labute approximate surface area is 194 Å². The number of carboxylic acid groups (broad SMARTS) is 1. The number of nitrogen functional groups attached to an aromatic ring is 1. The van der Waals surface area contributed by atoms with Crippen LogP contribution in [0.25, 0.3) is 5.69 Å². The van der Waals surface area contributed by atoms with E-state index in [2.05, 4.69) is 15.4 Å². The first-order valence-corrected chi connectivity index (χ1v) is 10.3. The fourth-order valence-corrected chi connectivity index (χ4v) is 3.28. The van der Waals surface area contributed by atoms with Crippen molar-refractivity contribution in [1.82, 2.24) is 19.7 Å². The Balaban J connectivity index is 1.42. The number of carbonyl (C=O) groups is 2. The molecule has 0 unspecified atom stereocenters. The molecule has 2 aromatic carbocycles. The average molecular weight is 460 g/mol. The highest BCUT2D eigenvalue weighted by Gasteiger charge is 2.15. The number of rotatable bonds is 7. The molecule has 0 radical (unpaired) electrons. The number of nitrogens with zero attached hydrogens (tertiary/aromatic N) is 4. The highest BCUT2D eigenvalue weighted by atomic mass is 19.1. The summed E-state index contributed by atoms with van der Waals surface area (Å²) in [6.07, 6.45) is 3.71. The SMILES string of the molecule is Nc1cn(-c2ccc(F)cc2)nc1NC(=O)c1ccc(CN(Cc2cccnc2)C(=O)O)cc1. The number of hydrogen-bond donors (Lipinski definition) is 3. The maximum Gasteiger partial charge on any atom is 0.407 e. The van der Waals surface area contributed by atoms with Crippen molar-refractivity contribution in [3.05, 3.63) is 102 Å². The highest BCUT2D eigenvalue weighted by molar-refractivity contribution is 6.05. The smallest absolute Gasteiger partial charge is 0.407 e. The number of hydrogen-bond acceptors (Lipinski definition) is 5. The van der Waals surface area contributed by atoms with Gasteiger partial charge in [-0.3, -0.25) is 14.7 Å². The Hall–Kier alpha value is -4.73. The first kappa shape index (κ1) is 22.5. The lowest BCUT2D eigenvalue weighted by atomic mass is 10.1. The third-order valence-electron chi connectivity index (χ3n) is 5.02. The van der Waals surface area contributed by atoms with Crippen LogP contribution in [0.1, 0.15) is 21.5 Å². The summed E-state index contributed by atoms with van der Waals surface area (Å²) < 4.78 is 14.6. The van der Waals surface area contributed by atoms with E-state index in [1.165, 1.54) is 27.9 Å². The molecule has 34 heavy (non-hydrogen) atoms. The van der Waals surface area contributed by atoms with Crippen molar-refractivity contribution < 1.29 is 19.1 Å². The molecule has 4 rings (SSSR count). The van der Waals surface area contributed by atoms with E-state index in [1.54, 1.807) is 60.9 Å². The second-order valence-corrected chi connectivity index (χ2v) is 7.50. The van der Waals surface area contributed by atoms with Crippen LogP contribution in [0.2, 0.25) is 0 Å². The summed E-state index contributed by atoms with van der Waals surface area (Å²) in [7, 11) is 0. The van der Waals surface area contributed by atoms with Crippen molar-refractivity contribution in [3.63, 3.8) is 0 Å². The second kappa shape index (κ2) is 9.82. The number of nitrogens with two attached hydrogens (primary N) is 1. The number of nitrogens with one attached hydrogen (secondary N) is 1. The molecule has 2 aromatic heterocycles. The molecule has 0 fully saturated rings. The molecule has 2 heterocycles. The fraction of sp³-hybridized carbons (Fsp3) is 0.0833. The summed E-state index contributed by atoms with van der Waals surface area (Å²) >= 11 is 0. The summed E-state index contributed by atoms with van der Waals surface area (Å²) in [5.74, 6) is -0.621. The summed E-state index contributed by atoms with van der Waals surface area (Å²) in [4.78, 5) is 29.6. The van der Waals surface area contributed by atoms with E-state index >= 15 is 0 Å². The third kappa shape index (κ3) is 5.36. The minimum Gasteiger partial charge on any atom is -0.465 e. The Morgan fingerprint density at radius 1 is 1.03 bits per heavy atom. The maximum atomic E-state index is 13.1. The van der Waals surface area contributed by atoms with Gasteiger partial charge in [-0.2, -0.15) is 0 Å². The van der Waals surface area contributed by atoms with Gasteiger partial charge in [-0.1, -0.05) is 18.2 Å². The molecular formula is C24H21FN6O3. The maximum absolute atomic E-state index is 13.1. The van der Waals surface area contributed by atoms with Crippen LogP contribution in [0.4, 0.5) is 20.7 Å². The predicted molar refractivity (Wildman–Crippen MR) is 124 cm³/mol. The van der Waals surface area contributed by atoms with Gasteiger partial charge in [0.1, 0.15) is 5.82 Å². The van der Waals surface area contributed by atoms with Crippen LogP contribution in [0.5, 0.6) is 0 Å². The largest absolute Gasteiger partial charge is 0.465 e. The fourth-order valence-electron chi connectivity index (χ4n) is 3.28. The van der Waals surface area contributed by atoms with Crippen LogP contribution >= 0.6 is 0 Å². The number of carbonyl (C=O) groups excluding carboxylic acids is 1. The van der Waals surface area contributed by atoms with Crippen LogP contribution < -0.4 is 11.1 Å². The zero-order valence-electron chi connectivity index (χ0n) is 17.9. The first-order valence-electron chi connectivity index (χ1n) is 10.3. The molecule has 0 saturated heterocycles. The second-order valence-electron chi connectivity index (χ2n) is 7.50. The van der Waals surface area contributed by atoms with Crippen molar-refractivity contribution in [1.29, 1.82) is 0 Å². The first-order chi connectivity index (χ1) is 16.4. The van der Waals surface area contributed by atoms with Gasteiger partial charge in [-0.25, -0.2) is 13.9 Å². The molecule has 10 heteroatoms. The standard InChI is InChI=1S/C24H21FN6O3/c25-19-7-9-20(10-8-19)31-15-21(26)22(29-31)28-23(32)18-5-3-16(4-6-18)13-30(24(33)34)14-17-2-1-11-27-12-17/h1-12,15H,13-14,26H2,(H,33,34)(H,28,29,32). The van der Waals surface area contributed by atoms with Gasteiger partial charge in [0.25, 0.3) is 5.91 Å². The molecule has 0 bridgehead atoms. The molecule has 0 aliphatic rings. The van der Waals surface area contributed by atoms with E-state index in [-0.39, 0.29) is 30.4 Å². The number of anilines is 2. The number of amides is 2. The molecule has 0 aliphatic heterocycles. The lowest BCUT2D eigenvalue weighted by Crippen LogP contribution is -2.28. The Bertz CT molecular complexity index is 1290. The lowest BCUT2D eigenvalue weighted by Gasteiger charge is -2.19. The minimum absolute atomic E-state index is 0.154.